The third kappa shape index (κ3) is 5.19. The van der Waals surface area contributed by atoms with Crippen molar-refractivity contribution in [2.75, 3.05) is 13.7 Å². The van der Waals surface area contributed by atoms with Crippen LogP contribution in [-0.4, -0.2) is 30.8 Å². The summed E-state index contributed by atoms with van der Waals surface area (Å²) in [6.45, 7) is 1.99. The lowest BCUT2D eigenvalue weighted by Gasteiger charge is -2.12. The fourth-order valence-corrected chi connectivity index (χ4v) is 1.66. The van der Waals surface area contributed by atoms with E-state index in [1.54, 1.807) is 7.11 Å². The molecule has 0 saturated carbocycles. The standard InChI is InChI=1S/C14H21NO3/c1-11(9-10-16)15-14(17)8-5-12-3-6-13(18-2)7-4-12/h3-4,6-7,11,16H,5,8-10H2,1-2H3,(H,15,17). The summed E-state index contributed by atoms with van der Waals surface area (Å²) in [7, 11) is 1.63. The molecular weight excluding hydrogens is 230 g/mol. The van der Waals surface area contributed by atoms with Crippen LogP contribution in [0.5, 0.6) is 5.75 Å². The second-order valence-electron chi connectivity index (χ2n) is 4.33. The van der Waals surface area contributed by atoms with Crippen molar-refractivity contribution in [3.63, 3.8) is 0 Å². The number of carbonyl (C=O) groups excluding carboxylic acids is 1. The van der Waals surface area contributed by atoms with Crippen LogP contribution in [0.25, 0.3) is 0 Å². The Balaban J connectivity index is 2.33. The summed E-state index contributed by atoms with van der Waals surface area (Å²) in [6.07, 6.45) is 1.76. The van der Waals surface area contributed by atoms with E-state index >= 15 is 0 Å². The highest BCUT2D eigenvalue weighted by Crippen LogP contribution is 2.12. The van der Waals surface area contributed by atoms with E-state index in [9.17, 15) is 4.79 Å². The lowest BCUT2D eigenvalue weighted by molar-refractivity contribution is -0.121. The monoisotopic (exact) mass is 251 g/mol. The average Bonchev–Trinajstić information content (AvgIpc) is 2.37. The van der Waals surface area contributed by atoms with E-state index in [4.69, 9.17) is 9.84 Å². The summed E-state index contributed by atoms with van der Waals surface area (Å²) in [5, 5.41) is 11.6. The Kier molecular flexibility index (Phi) is 6.22. The molecule has 0 aliphatic rings. The third-order valence-electron chi connectivity index (χ3n) is 2.77. The molecule has 0 radical (unpaired) electrons. The summed E-state index contributed by atoms with van der Waals surface area (Å²) in [5.74, 6) is 0.839. The zero-order valence-corrected chi connectivity index (χ0v) is 11.0. The molecule has 2 N–H and O–H groups in total. The second-order valence-corrected chi connectivity index (χ2v) is 4.33. The number of hydrogen-bond donors (Lipinski definition) is 2. The van der Waals surface area contributed by atoms with Gasteiger partial charge in [0.1, 0.15) is 5.75 Å². The number of amides is 1. The van der Waals surface area contributed by atoms with E-state index in [1.807, 2.05) is 31.2 Å². The number of methoxy groups -OCH3 is 1. The number of aryl methyl sites for hydroxylation is 1. The summed E-state index contributed by atoms with van der Waals surface area (Å²) in [6, 6.07) is 7.73. The zero-order valence-electron chi connectivity index (χ0n) is 11.0. The Morgan fingerprint density at radius 1 is 1.39 bits per heavy atom. The van der Waals surface area contributed by atoms with Gasteiger partial charge in [0.05, 0.1) is 7.11 Å². The highest BCUT2D eigenvalue weighted by Gasteiger charge is 2.06. The predicted octanol–water partition coefficient (Wildman–Crippen LogP) is 1.51. The minimum Gasteiger partial charge on any atom is -0.497 e. The van der Waals surface area contributed by atoms with Gasteiger partial charge in [0.15, 0.2) is 0 Å². The van der Waals surface area contributed by atoms with Crippen LogP contribution in [0.2, 0.25) is 0 Å². The molecule has 100 valence electrons. The van der Waals surface area contributed by atoms with Gasteiger partial charge in [0, 0.05) is 19.1 Å². The maximum absolute atomic E-state index is 11.6. The fourth-order valence-electron chi connectivity index (χ4n) is 1.66. The molecule has 1 aromatic carbocycles. The van der Waals surface area contributed by atoms with Gasteiger partial charge in [-0.05, 0) is 37.5 Å². The van der Waals surface area contributed by atoms with Crippen LogP contribution in [0.15, 0.2) is 24.3 Å². The molecule has 0 aromatic heterocycles. The molecule has 1 atom stereocenters. The summed E-state index contributed by atoms with van der Waals surface area (Å²) in [4.78, 5) is 11.6. The minimum absolute atomic E-state index is 0.0202. The first kappa shape index (κ1) is 14.5. The fraction of sp³-hybridized carbons (Fsp3) is 0.500. The topological polar surface area (TPSA) is 58.6 Å². The van der Waals surface area contributed by atoms with Gasteiger partial charge >= 0.3 is 0 Å². The van der Waals surface area contributed by atoms with Crippen molar-refractivity contribution in [1.29, 1.82) is 0 Å². The number of nitrogens with one attached hydrogen (secondary N) is 1. The van der Waals surface area contributed by atoms with E-state index in [0.29, 0.717) is 19.3 Å². The first-order chi connectivity index (χ1) is 8.65. The molecule has 0 fully saturated rings. The normalized spacial score (nSPS) is 11.9. The molecule has 0 bridgehead atoms. The van der Waals surface area contributed by atoms with Gasteiger partial charge in [0.25, 0.3) is 0 Å². The number of hydrogen-bond acceptors (Lipinski definition) is 3. The van der Waals surface area contributed by atoms with Crippen LogP contribution in [0.4, 0.5) is 0 Å². The number of aliphatic hydroxyl groups is 1. The zero-order chi connectivity index (χ0) is 13.4. The lowest BCUT2D eigenvalue weighted by Crippen LogP contribution is -2.33. The quantitative estimate of drug-likeness (QED) is 0.772. The van der Waals surface area contributed by atoms with Crippen molar-refractivity contribution in [2.24, 2.45) is 0 Å². The first-order valence-electron chi connectivity index (χ1n) is 6.19. The summed E-state index contributed by atoms with van der Waals surface area (Å²) >= 11 is 0. The lowest BCUT2D eigenvalue weighted by atomic mass is 10.1. The number of carbonyl (C=O) groups is 1. The summed E-state index contributed by atoms with van der Waals surface area (Å²) in [5.41, 5.74) is 1.11. The number of benzene rings is 1. The van der Waals surface area contributed by atoms with Gasteiger partial charge in [-0.2, -0.15) is 0 Å². The first-order valence-corrected chi connectivity index (χ1v) is 6.19. The molecule has 1 aromatic rings. The molecule has 0 saturated heterocycles. The molecule has 4 heteroatoms. The van der Waals surface area contributed by atoms with Gasteiger partial charge in [-0.25, -0.2) is 0 Å². The maximum Gasteiger partial charge on any atom is 0.220 e. The molecule has 0 spiro atoms. The molecule has 0 aliphatic carbocycles. The van der Waals surface area contributed by atoms with Crippen molar-refractivity contribution in [2.45, 2.75) is 32.2 Å². The van der Waals surface area contributed by atoms with Gasteiger partial charge in [-0.1, -0.05) is 12.1 Å². The molecule has 0 heterocycles. The smallest absolute Gasteiger partial charge is 0.220 e. The van der Waals surface area contributed by atoms with Crippen LogP contribution in [0.1, 0.15) is 25.3 Å². The van der Waals surface area contributed by atoms with E-state index in [1.165, 1.54) is 0 Å². The molecule has 1 unspecified atom stereocenters. The molecule has 4 nitrogen and oxygen atoms in total. The Bertz CT molecular complexity index is 362. The molecule has 18 heavy (non-hydrogen) atoms. The van der Waals surface area contributed by atoms with Crippen LogP contribution in [0.3, 0.4) is 0 Å². The van der Waals surface area contributed by atoms with Crippen molar-refractivity contribution in [3.8, 4) is 5.75 Å². The van der Waals surface area contributed by atoms with E-state index in [-0.39, 0.29) is 18.6 Å². The molecule has 0 aliphatic heterocycles. The van der Waals surface area contributed by atoms with E-state index in [0.717, 1.165) is 11.3 Å². The molecule has 1 amide bonds. The van der Waals surface area contributed by atoms with Crippen molar-refractivity contribution >= 4 is 5.91 Å². The highest BCUT2D eigenvalue weighted by atomic mass is 16.5. The number of aliphatic hydroxyl groups excluding tert-OH is 1. The maximum atomic E-state index is 11.6. The average molecular weight is 251 g/mol. The number of ether oxygens (including phenoxy) is 1. The molecular formula is C14H21NO3. The van der Waals surface area contributed by atoms with Gasteiger partial charge in [0.2, 0.25) is 5.91 Å². The van der Waals surface area contributed by atoms with Crippen molar-refractivity contribution in [3.05, 3.63) is 29.8 Å². The van der Waals surface area contributed by atoms with Gasteiger partial charge < -0.3 is 15.2 Å². The van der Waals surface area contributed by atoms with Gasteiger partial charge in [-0.3, -0.25) is 4.79 Å². The Hall–Kier alpha value is -1.55. The van der Waals surface area contributed by atoms with Crippen LogP contribution in [0, 0.1) is 0 Å². The van der Waals surface area contributed by atoms with E-state index in [2.05, 4.69) is 5.32 Å². The predicted molar refractivity (Wildman–Crippen MR) is 70.6 cm³/mol. The van der Waals surface area contributed by atoms with Crippen LogP contribution < -0.4 is 10.1 Å². The minimum atomic E-state index is 0.0202. The van der Waals surface area contributed by atoms with Crippen molar-refractivity contribution < 1.29 is 14.6 Å². The Labute approximate surface area is 108 Å². The van der Waals surface area contributed by atoms with Gasteiger partial charge in [-0.15, -0.1) is 0 Å². The summed E-state index contributed by atoms with van der Waals surface area (Å²) < 4.78 is 5.07. The van der Waals surface area contributed by atoms with Crippen LogP contribution >= 0.6 is 0 Å². The highest BCUT2D eigenvalue weighted by molar-refractivity contribution is 5.76. The third-order valence-corrected chi connectivity index (χ3v) is 2.77. The van der Waals surface area contributed by atoms with Crippen molar-refractivity contribution in [1.82, 2.24) is 5.32 Å². The largest absolute Gasteiger partial charge is 0.497 e. The van der Waals surface area contributed by atoms with Crippen LogP contribution in [-0.2, 0) is 11.2 Å². The number of rotatable bonds is 7. The Morgan fingerprint density at radius 3 is 2.61 bits per heavy atom. The molecule has 1 rings (SSSR count). The van der Waals surface area contributed by atoms with E-state index < -0.39 is 0 Å². The Morgan fingerprint density at radius 2 is 2.06 bits per heavy atom. The second kappa shape index (κ2) is 7.71. The SMILES string of the molecule is COc1ccc(CCC(=O)NC(C)CCO)cc1.